The van der Waals surface area contributed by atoms with Gasteiger partial charge in [-0.3, -0.25) is 14.6 Å². The van der Waals surface area contributed by atoms with Gasteiger partial charge in [-0.2, -0.15) is 0 Å². The van der Waals surface area contributed by atoms with Crippen molar-refractivity contribution in [2.75, 3.05) is 0 Å². The number of carbonyl (C=O) groups is 2. The van der Waals surface area contributed by atoms with Gasteiger partial charge >= 0.3 is 5.97 Å². The quantitative estimate of drug-likeness (QED) is 0.365. The van der Waals surface area contributed by atoms with E-state index in [2.05, 4.69) is 6.08 Å². The summed E-state index contributed by atoms with van der Waals surface area (Å²) in [6, 6.07) is 0.0841. The van der Waals surface area contributed by atoms with E-state index in [9.17, 15) is 14.7 Å². The molecule has 9 atom stereocenters. The minimum absolute atomic E-state index is 0.0780. The minimum Gasteiger partial charge on any atom is -0.480 e. The monoisotopic (exact) mass is 489 g/mol. The molecule has 1 saturated heterocycles. The molecular formula is C27H36ClNO3S. The van der Waals surface area contributed by atoms with Crippen molar-refractivity contribution < 1.29 is 14.7 Å². The highest BCUT2D eigenvalue weighted by Crippen LogP contribution is 2.84. The van der Waals surface area contributed by atoms with Crippen LogP contribution in [-0.4, -0.2) is 38.6 Å². The first-order valence-electron chi connectivity index (χ1n) is 13.1. The van der Waals surface area contributed by atoms with E-state index in [-0.39, 0.29) is 23.6 Å². The molecule has 1 heterocycles. The molecule has 5 saturated carbocycles. The van der Waals surface area contributed by atoms with E-state index >= 15 is 0 Å². The molecule has 4 nitrogen and oxygen atoms in total. The van der Waals surface area contributed by atoms with Gasteiger partial charge in [0, 0.05) is 12.8 Å². The second kappa shape index (κ2) is 8.40. The van der Waals surface area contributed by atoms with Crippen LogP contribution in [-0.2, 0) is 9.59 Å². The number of carboxylic acids is 1. The van der Waals surface area contributed by atoms with E-state index in [1.807, 2.05) is 6.08 Å². The number of carboxylic acid groups (broad SMARTS) is 1. The Balaban J connectivity index is 1.14. The Labute approximate surface area is 206 Å². The van der Waals surface area contributed by atoms with Gasteiger partial charge in [-0.1, -0.05) is 23.9 Å². The SMILES string of the molecule is O=C1CC(CCC23CC4CC5CC4(C2)C5C3)CCC(=NC2C=CC(Cl)CC2)SC(C(=O)O)C1. The number of rotatable bonds is 5. The van der Waals surface area contributed by atoms with E-state index in [0.29, 0.717) is 17.8 Å². The molecule has 0 aromatic carbocycles. The summed E-state index contributed by atoms with van der Waals surface area (Å²) in [6.45, 7) is 0. The number of thioether (sulfide) groups is 1. The van der Waals surface area contributed by atoms with Crippen molar-refractivity contribution in [2.24, 2.45) is 39.5 Å². The summed E-state index contributed by atoms with van der Waals surface area (Å²) in [5.74, 6) is 2.67. The first kappa shape index (κ1) is 22.6. The van der Waals surface area contributed by atoms with E-state index in [1.165, 1.54) is 50.3 Å². The molecule has 6 fully saturated rings. The molecule has 6 aliphatic carbocycles. The molecule has 1 spiro atoms. The summed E-state index contributed by atoms with van der Waals surface area (Å²) in [5.41, 5.74) is 1.29. The van der Waals surface area contributed by atoms with Crippen LogP contribution in [0.3, 0.4) is 0 Å². The fourth-order valence-electron chi connectivity index (χ4n) is 8.98. The molecule has 33 heavy (non-hydrogen) atoms. The first-order chi connectivity index (χ1) is 15.8. The summed E-state index contributed by atoms with van der Waals surface area (Å²) < 4.78 is 0. The van der Waals surface area contributed by atoms with E-state index in [4.69, 9.17) is 16.6 Å². The number of hydrogen-bond donors (Lipinski definition) is 1. The molecule has 0 radical (unpaired) electrons. The highest BCUT2D eigenvalue weighted by molar-refractivity contribution is 8.15. The lowest BCUT2D eigenvalue weighted by Crippen LogP contribution is -2.38. The third-order valence-corrected chi connectivity index (χ3v) is 11.9. The molecule has 7 aliphatic rings. The van der Waals surface area contributed by atoms with Crippen LogP contribution in [0.1, 0.15) is 83.5 Å². The van der Waals surface area contributed by atoms with Crippen LogP contribution in [0.25, 0.3) is 0 Å². The predicted octanol–water partition coefficient (Wildman–Crippen LogP) is 6.26. The third-order valence-electron chi connectivity index (χ3n) is 10.3. The molecule has 3 bridgehead atoms. The van der Waals surface area contributed by atoms with E-state index < -0.39 is 11.2 Å². The molecule has 9 unspecified atom stereocenters. The summed E-state index contributed by atoms with van der Waals surface area (Å²) in [6.07, 6.45) is 18.1. The number of fused-ring (bicyclic) bond motifs is 1. The maximum Gasteiger partial charge on any atom is 0.317 e. The Kier molecular flexibility index (Phi) is 5.76. The van der Waals surface area contributed by atoms with Crippen LogP contribution in [0.2, 0.25) is 0 Å². The topological polar surface area (TPSA) is 66.7 Å². The van der Waals surface area contributed by atoms with Gasteiger partial charge in [-0.25, -0.2) is 0 Å². The second-order valence-electron chi connectivity index (χ2n) is 12.2. The maximum atomic E-state index is 12.8. The minimum atomic E-state index is -0.893. The average Bonchev–Trinajstić information content (AvgIpc) is 3.41. The van der Waals surface area contributed by atoms with Gasteiger partial charge in [-0.05, 0) is 105 Å². The fraction of sp³-hybridized carbons (Fsp3) is 0.815. The predicted molar refractivity (Wildman–Crippen MR) is 133 cm³/mol. The second-order valence-corrected chi connectivity index (χ2v) is 14.1. The number of nitrogens with zero attached hydrogens (tertiary/aromatic N) is 1. The van der Waals surface area contributed by atoms with Crippen molar-refractivity contribution in [1.29, 1.82) is 0 Å². The fourth-order valence-corrected chi connectivity index (χ4v) is 10.3. The number of Topliss-reactive ketones (excluding diaryl/α,β-unsaturated/α-hetero) is 1. The molecule has 7 rings (SSSR count). The summed E-state index contributed by atoms with van der Waals surface area (Å²) in [5, 5.41) is 10.0. The van der Waals surface area contributed by atoms with Crippen molar-refractivity contribution >= 4 is 40.2 Å². The molecule has 0 aromatic heterocycles. The number of aliphatic carboxylic acids is 1. The highest BCUT2D eigenvalue weighted by Gasteiger charge is 2.75. The van der Waals surface area contributed by atoms with Crippen LogP contribution >= 0.6 is 23.4 Å². The lowest BCUT2D eigenvalue weighted by Gasteiger charge is -2.45. The zero-order chi connectivity index (χ0) is 22.8. The third kappa shape index (κ3) is 4.03. The number of aliphatic imine (C=N–C) groups is 1. The van der Waals surface area contributed by atoms with Crippen LogP contribution < -0.4 is 0 Å². The van der Waals surface area contributed by atoms with Gasteiger partial charge in [0.1, 0.15) is 11.0 Å². The van der Waals surface area contributed by atoms with Gasteiger partial charge in [0.2, 0.25) is 0 Å². The Morgan fingerprint density at radius 1 is 1.18 bits per heavy atom. The normalized spacial score (nSPS) is 49.5. The summed E-state index contributed by atoms with van der Waals surface area (Å²) in [4.78, 5) is 29.6. The van der Waals surface area contributed by atoms with Crippen molar-refractivity contribution in [3.63, 3.8) is 0 Å². The number of carbonyl (C=O) groups excluding carboxylic acids is 1. The summed E-state index contributed by atoms with van der Waals surface area (Å²) in [7, 11) is 0. The largest absolute Gasteiger partial charge is 0.480 e. The van der Waals surface area contributed by atoms with Crippen LogP contribution in [0, 0.1) is 34.5 Å². The average molecular weight is 490 g/mol. The molecule has 180 valence electrons. The summed E-state index contributed by atoms with van der Waals surface area (Å²) >= 11 is 7.50. The Morgan fingerprint density at radius 2 is 2.06 bits per heavy atom. The van der Waals surface area contributed by atoms with Gasteiger partial charge in [0.15, 0.2) is 0 Å². The standard InChI is InChI=1S/C27H36ClNO3S/c28-19-2-4-20(5-3-19)29-24-6-1-16(9-21(30)11-23(33-24)25(31)32)7-8-26-13-18-10-17-12-27(18,15-26)22(17)14-26/h2,4,16-20,22-23H,1,3,5-15H2,(H,31,32). The van der Waals surface area contributed by atoms with Gasteiger partial charge in [0.25, 0.3) is 0 Å². The van der Waals surface area contributed by atoms with Crippen LogP contribution in [0.15, 0.2) is 17.1 Å². The molecule has 1 N–H and O–H groups in total. The zero-order valence-corrected chi connectivity index (χ0v) is 21.0. The first-order valence-corrected chi connectivity index (χ1v) is 14.5. The van der Waals surface area contributed by atoms with Gasteiger partial charge in [0.05, 0.1) is 16.5 Å². The van der Waals surface area contributed by atoms with Gasteiger partial charge in [-0.15, -0.1) is 11.6 Å². The van der Waals surface area contributed by atoms with Crippen molar-refractivity contribution in [2.45, 2.75) is 100 Å². The Bertz CT molecular complexity index is 890. The number of alkyl halides is 1. The Morgan fingerprint density at radius 3 is 2.79 bits per heavy atom. The number of halogens is 1. The van der Waals surface area contributed by atoms with Crippen molar-refractivity contribution in [3.8, 4) is 0 Å². The molecule has 0 aromatic rings. The Hall–Kier alpha value is -0.810. The highest BCUT2D eigenvalue weighted by atomic mass is 35.5. The number of allylic oxidation sites excluding steroid dienone is 1. The van der Waals surface area contributed by atoms with Crippen LogP contribution in [0.4, 0.5) is 0 Å². The van der Waals surface area contributed by atoms with E-state index in [0.717, 1.165) is 60.3 Å². The molecule has 6 heteroatoms. The smallest absolute Gasteiger partial charge is 0.317 e. The lowest BCUT2D eigenvalue weighted by molar-refractivity contribution is -0.138. The maximum absolute atomic E-state index is 12.8. The number of hydrogen-bond acceptors (Lipinski definition) is 4. The van der Waals surface area contributed by atoms with E-state index in [1.54, 1.807) is 0 Å². The lowest BCUT2D eigenvalue weighted by atomic mass is 9.59. The van der Waals surface area contributed by atoms with Crippen molar-refractivity contribution in [3.05, 3.63) is 12.2 Å². The molecule has 0 amide bonds. The zero-order valence-electron chi connectivity index (χ0n) is 19.4. The van der Waals surface area contributed by atoms with Crippen LogP contribution in [0.5, 0.6) is 0 Å². The van der Waals surface area contributed by atoms with Crippen molar-refractivity contribution in [1.82, 2.24) is 0 Å². The van der Waals surface area contributed by atoms with Gasteiger partial charge < -0.3 is 5.11 Å². The molecule has 1 aliphatic heterocycles. The number of ketones is 1. The molecular weight excluding hydrogens is 454 g/mol.